The van der Waals surface area contributed by atoms with Crippen LogP contribution in [0.2, 0.25) is 0 Å². The Kier molecular flexibility index (Phi) is 8.98. The molecular formula is C31H45N7O3. The first-order valence-electron chi connectivity index (χ1n) is 15.8. The van der Waals surface area contributed by atoms with Gasteiger partial charge in [0.2, 0.25) is 0 Å². The quantitative estimate of drug-likeness (QED) is 0.387. The van der Waals surface area contributed by atoms with Crippen LogP contribution in [0, 0.1) is 0 Å². The third-order valence-electron chi connectivity index (χ3n) is 9.47. The summed E-state index contributed by atoms with van der Waals surface area (Å²) in [6, 6.07) is 8.28. The average Bonchev–Trinajstić information content (AvgIpc) is 3.52. The highest BCUT2D eigenvalue weighted by Gasteiger charge is 2.45. The maximum atomic E-state index is 13.5. The summed E-state index contributed by atoms with van der Waals surface area (Å²) >= 11 is 0. The molecule has 2 saturated carbocycles. The van der Waals surface area contributed by atoms with E-state index in [1.54, 1.807) is 0 Å². The van der Waals surface area contributed by atoms with Gasteiger partial charge in [-0.1, -0.05) is 38.5 Å². The fraction of sp³-hybridized carbons (Fsp3) is 0.677. The molecule has 2 aliphatic carbocycles. The number of morpholine rings is 1. The predicted octanol–water partition coefficient (Wildman–Crippen LogP) is 4.41. The molecule has 3 heterocycles. The number of pyridine rings is 1. The first kappa shape index (κ1) is 28.3. The molecule has 1 aliphatic heterocycles. The third kappa shape index (κ3) is 6.20. The molecule has 222 valence electrons. The fourth-order valence-electron chi connectivity index (χ4n) is 7.23. The van der Waals surface area contributed by atoms with Crippen LogP contribution in [0.4, 0.5) is 0 Å². The van der Waals surface area contributed by atoms with Crippen molar-refractivity contribution < 1.29 is 9.47 Å². The Morgan fingerprint density at radius 2 is 1.85 bits per heavy atom. The van der Waals surface area contributed by atoms with E-state index >= 15 is 0 Å². The first-order valence-corrected chi connectivity index (χ1v) is 15.8. The second kappa shape index (κ2) is 13.0. The molecule has 0 bridgehead atoms. The molecule has 0 amide bonds. The van der Waals surface area contributed by atoms with E-state index in [1.807, 2.05) is 25.1 Å². The van der Waals surface area contributed by atoms with Gasteiger partial charge in [0.15, 0.2) is 5.82 Å². The molecule has 10 heteroatoms. The van der Waals surface area contributed by atoms with E-state index < -0.39 is 0 Å². The molecule has 0 radical (unpaired) electrons. The van der Waals surface area contributed by atoms with Gasteiger partial charge in [0.05, 0.1) is 31.4 Å². The highest BCUT2D eigenvalue weighted by molar-refractivity contribution is 5.80. The van der Waals surface area contributed by atoms with Crippen molar-refractivity contribution in [3.63, 3.8) is 0 Å². The van der Waals surface area contributed by atoms with Gasteiger partial charge in [-0.15, -0.1) is 5.10 Å². The lowest BCUT2D eigenvalue weighted by molar-refractivity contribution is -0.00183. The van der Waals surface area contributed by atoms with E-state index in [-0.39, 0.29) is 11.1 Å². The van der Waals surface area contributed by atoms with E-state index in [4.69, 9.17) is 14.6 Å². The lowest BCUT2D eigenvalue weighted by Crippen LogP contribution is -2.52. The molecule has 0 atom stereocenters. The van der Waals surface area contributed by atoms with Crippen molar-refractivity contribution in [2.75, 3.05) is 46.0 Å². The van der Waals surface area contributed by atoms with Crippen molar-refractivity contribution in [1.29, 1.82) is 0 Å². The highest BCUT2D eigenvalue weighted by atomic mass is 16.5. The summed E-state index contributed by atoms with van der Waals surface area (Å²) in [6.07, 6.45) is 11.5. The SMILES string of the molecule is CCOc1ccc2[nH]c(=O)c(CN(CCN3CCOCC3)C3(c4nnnn4C4CCCCC4)CCCCC3)cc2c1. The van der Waals surface area contributed by atoms with E-state index in [1.165, 1.54) is 25.7 Å². The molecule has 6 rings (SSSR count). The summed E-state index contributed by atoms with van der Waals surface area (Å²) in [5.41, 5.74) is 1.27. The van der Waals surface area contributed by atoms with Gasteiger partial charge < -0.3 is 14.5 Å². The molecule has 0 spiro atoms. The number of hydrogen-bond acceptors (Lipinski definition) is 8. The highest BCUT2D eigenvalue weighted by Crippen LogP contribution is 2.43. The molecule has 3 aliphatic rings. The zero-order valence-electron chi connectivity index (χ0n) is 24.5. The minimum atomic E-state index is -0.306. The second-order valence-electron chi connectivity index (χ2n) is 12.0. The van der Waals surface area contributed by atoms with Crippen LogP contribution in [0.1, 0.15) is 88.6 Å². The second-order valence-corrected chi connectivity index (χ2v) is 12.0. The van der Waals surface area contributed by atoms with Gasteiger partial charge in [-0.2, -0.15) is 0 Å². The zero-order valence-corrected chi connectivity index (χ0v) is 24.5. The number of nitrogens with one attached hydrogen (secondary N) is 1. The Morgan fingerprint density at radius 3 is 2.63 bits per heavy atom. The molecule has 2 aromatic heterocycles. The number of rotatable bonds is 10. The van der Waals surface area contributed by atoms with Gasteiger partial charge in [0.1, 0.15) is 5.75 Å². The maximum absolute atomic E-state index is 13.5. The Hall–Kier alpha value is -2.82. The first-order chi connectivity index (χ1) is 20.2. The Balaban J connectivity index is 1.38. The summed E-state index contributed by atoms with van der Waals surface area (Å²) < 4.78 is 13.6. The van der Waals surface area contributed by atoms with Crippen molar-refractivity contribution in [1.82, 2.24) is 35.0 Å². The molecule has 3 fully saturated rings. The van der Waals surface area contributed by atoms with Crippen molar-refractivity contribution in [3.05, 3.63) is 46.0 Å². The lowest BCUT2D eigenvalue weighted by atomic mass is 9.78. The largest absolute Gasteiger partial charge is 0.494 e. The number of benzene rings is 1. The van der Waals surface area contributed by atoms with Crippen molar-refractivity contribution in [2.24, 2.45) is 0 Å². The Bertz CT molecular complexity index is 1340. The number of H-pyrrole nitrogens is 1. The molecule has 1 saturated heterocycles. The molecule has 1 N–H and O–H groups in total. The van der Waals surface area contributed by atoms with Crippen LogP contribution in [0.15, 0.2) is 29.1 Å². The number of nitrogens with zero attached hydrogens (tertiary/aromatic N) is 6. The van der Waals surface area contributed by atoms with Crippen LogP contribution in [-0.4, -0.2) is 81.0 Å². The number of hydrogen-bond donors (Lipinski definition) is 1. The lowest BCUT2D eigenvalue weighted by Gasteiger charge is -2.46. The van der Waals surface area contributed by atoms with Gasteiger partial charge in [-0.3, -0.25) is 14.6 Å². The van der Waals surface area contributed by atoms with Crippen molar-refractivity contribution >= 4 is 10.9 Å². The Labute approximate surface area is 242 Å². The van der Waals surface area contributed by atoms with Crippen molar-refractivity contribution in [3.8, 4) is 5.75 Å². The topological polar surface area (TPSA) is 101 Å². The van der Waals surface area contributed by atoms with E-state index in [0.717, 1.165) is 106 Å². The molecule has 3 aromatic rings. The van der Waals surface area contributed by atoms with Crippen LogP contribution in [-0.2, 0) is 16.8 Å². The third-order valence-corrected chi connectivity index (χ3v) is 9.47. The molecule has 0 unspecified atom stereocenters. The van der Waals surface area contributed by atoms with Gasteiger partial charge in [-0.25, -0.2) is 4.68 Å². The average molecular weight is 564 g/mol. The number of aromatic amines is 1. The molecule has 10 nitrogen and oxygen atoms in total. The summed E-state index contributed by atoms with van der Waals surface area (Å²) in [7, 11) is 0. The minimum Gasteiger partial charge on any atom is -0.494 e. The standard InChI is InChI=1S/C31H45N7O3/c1-2-41-27-11-12-28-24(22-27)21-25(29(39)32-28)23-37(16-15-36-17-19-40-20-18-36)31(13-7-4-8-14-31)30-33-34-35-38(30)26-9-5-3-6-10-26/h11-12,21-22,26H,2-10,13-20,23H2,1H3,(H,32,39). The van der Waals surface area contributed by atoms with Crippen LogP contribution in [0.25, 0.3) is 10.9 Å². The summed E-state index contributed by atoms with van der Waals surface area (Å²) in [4.78, 5) is 21.7. The molecule has 41 heavy (non-hydrogen) atoms. The van der Waals surface area contributed by atoms with Gasteiger partial charge >= 0.3 is 0 Å². The van der Waals surface area contributed by atoms with Gasteiger partial charge in [0.25, 0.3) is 5.56 Å². The number of tetrazole rings is 1. The zero-order chi connectivity index (χ0) is 28.1. The molecular weight excluding hydrogens is 518 g/mol. The predicted molar refractivity (Wildman–Crippen MR) is 158 cm³/mol. The minimum absolute atomic E-state index is 0.0316. The monoisotopic (exact) mass is 563 g/mol. The summed E-state index contributed by atoms with van der Waals surface area (Å²) in [6.45, 7) is 8.34. The van der Waals surface area contributed by atoms with Crippen LogP contribution in [0.3, 0.4) is 0 Å². The summed E-state index contributed by atoms with van der Waals surface area (Å²) in [5.74, 6) is 1.82. The maximum Gasteiger partial charge on any atom is 0.252 e. The number of fused-ring (bicyclic) bond motifs is 1. The van der Waals surface area contributed by atoms with Gasteiger partial charge in [0, 0.05) is 49.2 Å². The number of aromatic nitrogens is 5. The fourth-order valence-corrected chi connectivity index (χ4v) is 7.23. The normalized spacial score (nSPS) is 20.5. The molecule has 1 aromatic carbocycles. The van der Waals surface area contributed by atoms with Crippen LogP contribution in [0.5, 0.6) is 5.75 Å². The van der Waals surface area contributed by atoms with Crippen LogP contribution >= 0.6 is 0 Å². The van der Waals surface area contributed by atoms with Gasteiger partial charge in [-0.05, 0) is 67.3 Å². The van der Waals surface area contributed by atoms with Crippen molar-refractivity contribution in [2.45, 2.75) is 89.3 Å². The summed E-state index contributed by atoms with van der Waals surface area (Å²) in [5, 5.41) is 14.6. The van der Waals surface area contributed by atoms with E-state index in [9.17, 15) is 4.79 Å². The number of ether oxygens (including phenoxy) is 2. The van der Waals surface area contributed by atoms with E-state index in [0.29, 0.717) is 19.2 Å². The van der Waals surface area contributed by atoms with Crippen LogP contribution < -0.4 is 10.3 Å². The smallest absolute Gasteiger partial charge is 0.252 e. The van der Waals surface area contributed by atoms with E-state index in [2.05, 4.69) is 36.0 Å². The Morgan fingerprint density at radius 1 is 1.07 bits per heavy atom.